The van der Waals surface area contributed by atoms with Gasteiger partial charge in [0.15, 0.2) is 3.79 Å². The molecule has 0 aliphatic heterocycles. The summed E-state index contributed by atoms with van der Waals surface area (Å²) in [5.41, 5.74) is 3.35. The number of hydrogen-bond acceptors (Lipinski definition) is 2. The number of carboxylic acid groups (broad SMARTS) is 1. The number of hydrogen-bond donors (Lipinski definition) is 1. The fourth-order valence-electron chi connectivity index (χ4n) is 0.657. The van der Waals surface area contributed by atoms with E-state index in [1.54, 1.807) is 6.92 Å². The first-order chi connectivity index (χ1) is 5.25. The van der Waals surface area contributed by atoms with E-state index in [2.05, 4.69) is 5.73 Å². The van der Waals surface area contributed by atoms with Gasteiger partial charge in [-0.3, -0.25) is 0 Å². The first-order valence-corrected chi connectivity index (χ1v) is 4.49. The second-order valence-electron chi connectivity index (χ2n) is 2.69. The van der Waals surface area contributed by atoms with Gasteiger partial charge < -0.3 is 15.6 Å². The maximum absolute atomic E-state index is 10.3. The predicted molar refractivity (Wildman–Crippen MR) is 45.8 cm³/mol. The molecule has 0 fully saturated rings. The van der Waals surface area contributed by atoms with Crippen molar-refractivity contribution in [2.24, 2.45) is 5.92 Å². The molecule has 0 aromatic rings. The Bertz CT molecular complexity index is 169. The zero-order valence-corrected chi connectivity index (χ0v) is 8.79. The van der Waals surface area contributed by atoms with Crippen LogP contribution in [0.3, 0.4) is 0 Å². The Labute approximate surface area is 85.8 Å². The van der Waals surface area contributed by atoms with Crippen molar-refractivity contribution in [3.8, 4) is 0 Å². The lowest BCUT2D eigenvalue weighted by molar-refractivity contribution is -0.439. The first kappa shape index (κ1) is 12.3. The Kier molecular flexibility index (Phi) is 4.62. The molecule has 12 heavy (non-hydrogen) atoms. The van der Waals surface area contributed by atoms with Crippen LogP contribution >= 0.6 is 34.8 Å². The molecule has 0 bridgehead atoms. The van der Waals surface area contributed by atoms with Gasteiger partial charge in [-0.15, -0.1) is 0 Å². The van der Waals surface area contributed by atoms with Gasteiger partial charge in [-0.1, -0.05) is 41.7 Å². The molecule has 0 spiro atoms. The lowest BCUT2D eigenvalue weighted by atomic mass is 10.2. The van der Waals surface area contributed by atoms with Gasteiger partial charge >= 0.3 is 0 Å². The van der Waals surface area contributed by atoms with Gasteiger partial charge in [0, 0.05) is 12.3 Å². The Hall–Kier alpha value is 0.300. The summed E-state index contributed by atoms with van der Waals surface area (Å²) in [5.74, 6) is -1.58. The van der Waals surface area contributed by atoms with E-state index in [9.17, 15) is 9.90 Å². The molecule has 0 heterocycles. The van der Waals surface area contributed by atoms with Gasteiger partial charge in [-0.2, -0.15) is 0 Å². The molecule has 0 rings (SSSR count). The molecular weight excluding hydrogens is 225 g/mol. The number of carbonyl (C=O) groups excluding carboxylic acids is 1. The highest BCUT2D eigenvalue weighted by atomic mass is 35.6. The standard InChI is InChI=1S/C6H10Cl3NO2/c1-3(6(7,8)9)2-4(10)5(11)12/h3-4H,2,10H2,1H3,(H,11,12)/i4+1. The number of alkyl halides is 3. The summed E-state index contributed by atoms with van der Waals surface area (Å²) in [6, 6.07) is -0.837. The summed E-state index contributed by atoms with van der Waals surface area (Å²) in [6.07, 6.45) is 0.193. The largest absolute Gasteiger partial charge is 0.544 e. The van der Waals surface area contributed by atoms with Gasteiger partial charge in [0.05, 0.1) is 5.97 Å². The summed E-state index contributed by atoms with van der Waals surface area (Å²) in [6.45, 7) is 1.65. The number of carbonyl (C=O) groups is 1. The van der Waals surface area contributed by atoms with E-state index in [-0.39, 0.29) is 12.3 Å². The van der Waals surface area contributed by atoms with Crippen molar-refractivity contribution < 1.29 is 15.6 Å². The van der Waals surface area contributed by atoms with Crippen molar-refractivity contribution in [2.45, 2.75) is 23.2 Å². The van der Waals surface area contributed by atoms with Gasteiger partial charge in [-0.05, 0) is 0 Å². The third-order valence-electron chi connectivity index (χ3n) is 1.53. The zero-order valence-electron chi connectivity index (χ0n) is 6.52. The second kappa shape index (κ2) is 4.51. The van der Waals surface area contributed by atoms with Crippen molar-refractivity contribution in [3.63, 3.8) is 0 Å². The molecule has 72 valence electrons. The molecule has 6 heteroatoms. The van der Waals surface area contributed by atoms with E-state index >= 15 is 0 Å². The van der Waals surface area contributed by atoms with Crippen molar-refractivity contribution in [1.82, 2.24) is 0 Å². The highest BCUT2D eigenvalue weighted by Crippen LogP contribution is 2.36. The summed E-state index contributed by atoms with van der Waals surface area (Å²) in [7, 11) is 0. The molecule has 3 nitrogen and oxygen atoms in total. The number of carboxylic acids is 1. The third-order valence-corrected chi connectivity index (χ3v) is 2.65. The summed E-state index contributed by atoms with van der Waals surface area (Å²) >= 11 is 16.6. The smallest absolute Gasteiger partial charge is 0.193 e. The number of rotatable bonds is 3. The van der Waals surface area contributed by atoms with Crippen LogP contribution in [0.25, 0.3) is 0 Å². The quantitative estimate of drug-likeness (QED) is 0.541. The van der Waals surface area contributed by atoms with E-state index in [0.717, 1.165) is 0 Å². The fourth-order valence-corrected chi connectivity index (χ4v) is 0.924. The number of aliphatic carboxylic acids is 1. The first-order valence-electron chi connectivity index (χ1n) is 3.35. The van der Waals surface area contributed by atoms with Crippen molar-refractivity contribution in [2.75, 3.05) is 0 Å². The van der Waals surface area contributed by atoms with Crippen LogP contribution < -0.4 is 10.8 Å². The molecule has 2 unspecified atom stereocenters. The average Bonchev–Trinajstić information content (AvgIpc) is 1.85. The Morgan fingerprint density at radius 2 is 2.00 bits per heavy atom. The van der Waals surface area contributed by atoms with E-state index in [4.69, 9.17) is 34.8 Å². The van der Waals surface area contributed by atoms with Crippen molar-refractivity contribution in [3.05, 3.63) is 0 Å². The molecule has 0 aromatic heterocycles. The van der Waals surface area contributed by atoms with Gasteiger partial charge in [-0.25, -0.2) is 0 Å². The molecular formula is C6H10Cl3NO2. The van der Waals surface area contributed by atoms with E-state index in [1.165, 1.54) is 0 Å². The maximum atomic E-state index is 10.3. The van der Waals surface area contributed by atoms with Crippen LogP contribution in [-0.2, 0) is 4.79 Å². The monoisotopic (exact) mass is 234 g/mol. The molecule has 3 N–H and O–H groups in total. The normalized spacial score (nSPS) is 17.1. The van der Waals surface area contributed by atoms with E-state index in [0.29, 0.717) is 0 Å². The van der Waals surface area contributed by atoms with Gasteiger partial charge in [0.25, 0.3) is 0 Å². The Balaban J connectivity index is 4.01. The minimum absolute atomic E-state index is 0.193. The SMILES string of the molecule is CC(C[13CH]([NH3+])C(=O)[O-])C(Cl)(Cl)Cl. The topological polar surface area (TPSA) is 67.8 Å². The summed E-state index contributed by atoms with van der Waals surface area (Å²) < 4.78 is -1.44. The highest BCUT2D eigenvalue weighted by Gasteiger charge is 2.31. The van der Waals surface area contributed by atoms with Gasteiger partial charge in [0.2, 0.25) is 0 Å². The number of quaternary nitrogens is 1. The van der Waals surface area contributed by atoms with Crippen molar-refractivity contribution in [1.29, 1.82) is 0 Å². The lowest BCUT2D eigenvalue weighted by Crippen LogP contribution is -2.69. The van der Waals surface area contributed by atoms with E-state index in [1.807, 2.05) is 0 Å². The molecule has 0 radical (unpaired) electrons. The third kappa shape index (κ3) is 4.36. The summed E-state index contributed by atoms with van der Waals surface area (Å²) in [4.78, 5) is 10.3. The Morgan fingerprint density at radius 3 is 2.25 bits per heavy atom. The van der Waals surface area contributed by atoms with Crippen LogP contribution in [0, 0.1) is 5.92 Å². The molecule has 0 aliphatic carbocycles. The van der Waals surface area contributed by atoms with Crippen molar-refractivity contribution >= 4 is 40.8 Å². The molecule has 0 saturated heterocycles. The van der Waals surface area contributed by atoms with Crippen LogP contribution in [-0.4, -0.2) is 15.8 Å². The fraction of sp³-hybridized carbons (Fsp3) is 0.833. The second-order valence-corrected chi connectivity index (χ2v) is 5.06. The van der Waals surface area contributed by atoms with Crippen LogP contribution in [0.15, 0.2) is 0 Å². The van der Waals surface area contributed by atoms with Gasteiger partial charge in [0.1, 0.15) is 6.04 Å². The predicted octanol–water partition coefficient (Wildman–Crippen LogP) is -0.257. The molecule has 0 amide bonds. The minimum atomic E-state index is -1.44. The minimum Gasteiger partial charge on any atom is -0.544 e. The molecule has 0 aliphatic rings. The lowest BCUT2D eigenvalue weighted by Gasteiger charge is -2.21. The number of halogens is 3. The molecule has 2 atom stereocenters. The van der Waals surface area contributed by atoms with Crippen LogP contribution in [0.5, 0.6) is 0 Å². The average molecular weight is 236 g/mol. The van der Waals surface area contributed by atoms with E-state index < -0.39 is 15.8 Å². The van der Waals surface area contributed by atoms with Crippen LogP contribution in [0.4, 0.5) is 0 Å². The summed E-state index contributed by atoms with van der Waals surface area (Å²) in [5, 5.41) is 10.3. The van der Waals surface area contributed by atoms with Crippen LogP contribution in [0.2, 0.25) is 0 Å². The Morgan fingerprint density at radius 1 is 1.58 bits per heavy atom. The van der Waals surface area contributed by atoms with Crippen LogP contribution in [0.1, 0.15) is 13.3 Å². The maximum Gasteiger partial charge on any atom is 0.193 e. The molecule has 0 aromatic carbocycles. The zero-order chi connectivity index (χ0) is 9.94. The highest BCUT2D eigenvalue weighted by molar-refractivity contribution is 6.67. The molecule has 0 saturated carbocycles.